The number of para-hydroxylation sites is 1. The Balaban J connectivity index is 2.48. The maximum atomic E-state index is 5.45. The van der Waals surface area contributed by atoms with E-state index in [0.717, 1.165) is 15.1 Å². The Morgan fingerprint density at radius 1 is 1.28 bits per heavy atom. The van der Waals surface area contributed by atoms with Crippen LogP contribution in [0.3, 0.4) is 0 Å². The number of hydrogen-bond donors (Lipinski definition) is 1. The Bertz CT molecular complexity index is 538. The molecule has 0 fully saturated rings. The molecule has 1 N–H and O–H groups in total. The van der Waals surface area contributed by atoms with Gasteiger partial charge in [0.1, 0.15) is 5.75 Å². The molecule has 0 saturated heterocycles. The van der Waals surface area contributed by atoms with Crippen LogP contribution in [0.2, 0.25) is 0 Å². The number of hydrogen-bond acceptors (Lipinski definition) is 3. The molecule has 1 aromatic heterocycles. The predicted molar refractivity (Wildman–Crippen MR) is 80.7 cm³/mol. The number of halogens is 1. The van der Waals surface area contributed by atoms with Crippen molar-refractivity contribution < 1.29 is 4.74 Å². The van der Waals surface area contributed by atoms with E-state index in [9.17, 15) is 0 Å². The van der Waals surface area contributed by atoms with Crippen LogP contribution in [0, 0.1) is 6.92 Å². The number of benzene rings is 1. The lowest BCUT2D eigenvalue weighted by atomic mass is 9.99. The molecule has 4 heteroatoms. The maximum Gasteiger partial charge on any atom is 0.123 e. The summed E-state index contributed by atoms with van der Waals surface area (Å²) in [6, 6.07) is 10.5. The lowest BCUT2D eigenvalue weighted by molar-refractivity contribution is 0.405. The third-order valence-corrected chi connectivity index (χ3v) is 4.54. The van der Waals surface area contributed by atoms with E-state index >= 15 is 0 Å². The fourth-order valence-electron chi connectivity index (χ4n) is 2.13. The number of rotatable bonds is 4. The first-order valence-corrected chi connectivity index (χ1v) is 7.34. The molecule has 0 saturated carbocycles. The summed E-state index contributed by atoms with van der Waals surface area (Å²) in [6.07, 6.45) is 0. The molecule has 1 aromatic carbocycles. The molecule has 96 valence electrons. The van der Waals surface area contributed by atoms with Gasteiger partial charge in [-0.1, -0.05) is 18.2 Å². The SMILES string of the molecule is CNC(c1ccccc1OC)c1cc(Br)sc1C. The van der Waals surface area contributed by atoms with Gasteiger partial charge in [0.2, 0.25) is 0 Å². The summed E-state index contributed by atoms with van der Waals surface area (Å²) in [6.45, 7) is 2.14. The molecule has 0 aliphatic heterocycles. The van der Waals surface area contributed by atoms with E-state index in [-0.39, 0.29) is 6.04 Å². The average molecular weight is 326 g/mol. The second-order valence-corrected chi connectivity index (χ2v) is 6.66. The Hall–Kier alpha value is -0.840. The Morgan fingerprint density at radius 3 is 2.56 bits per heavy atom. The van der Waals surface area contributed by atoms with Crippen molar-refractivity contribution in [3.8, 4) is 5.75 Å². The summed E-state index contributed by atoms with van der Waals surface area (Å²) >= 11 is 5.30. The predicted octanol–water partition coefficient (Wildman–Crippen LogP) is 4.14. The highest BCUT2D eigenvalue weighted by Gasteiger charge is 2.19. The second kappa shape index (κ2) is 5.87. The highest BCUT2D eigenvalue weighted by Crippen LogP contribution is 2.36. The zero-order chi connectivity index (χ0) is 13.1. The van der Waals surface area contributed by atoms with Crippen molar-refractivity contribution in [2.75, 3.05) is 14.2 Å². The van der Waals surface area contributed by atoms with E-state index in [2.05, 4.69) is 40.3 Å². The van der Waals surface area contributed by atoms with E-state index in [1.54, 1.807) is 18.4 Å². The molecule has 1 atom stereocenters. The number of methoxy groups -OCH3 is 1. The summed E-state index contributed by atoms with van der Waals surface area (Å²) in [4.78, 5) is 1.31. The van der Waals surface area contributed by atoms with Gasteiger partial charge >= 0.3 is 0 Å². The van der Waals surface area contributed by atoms with Gasteiger partial charge in [0.05, 0.1) is 16.9 Å². The lowest BCUT2D eigenvalue weighted by Gasteiger charge is -2.19. The van der Waals surface area contributed by atoms with Crippen LogP contribution in [0.1, 0.15) is 22.0 Å². The number of aryl methyl sites for hydroxylation is 1. The summed E-state index contributed by atoms with van der Waals surface area (Å²) in [5.41, 5.74) is 2.45. The van der Waals surface area contributed by atoms with Crippen LogP contribution < -0.4 is 10.1 Å². The van der Waals surface area contributed by atoms with E-state index in [4.69, 9.17) is 4.74 Å². The van der Waals surface area contributed by atoms with Gasteiger partial charge in [-0.3, -0.25) is 0 Å². The fourth-order valence-corrected chi connectivity index (χ4v) is 3.88. The number of ether oxygens (including phenoxy) is 1. The van der Waals surface area contributed by atoms with Gasteiger partial charge in [-0.15, -0.1) is 11.3 Å². The van der Waals surface area contributed by atoms with E-state index < -0.39 is 0 Å². The van der Waals surface area contributed by atoms with Crippen LogP contribution in [0.15, 0.2) is 34.1 Å². The van der Waals surface area contributed by atoms with Crippen LogP contribution in [0.5, 0.6) is 5.75 Å². The smallest absolute Gasteiger partial charge is 0.123 e. The summed E-state index contributed by atoms with van der Waals surface area (Å²) in [5.74, 6) is 0.915. The van der Waals surface area contributed by atoms with Crippen LogP contribution in [0.25, 0.3) is 0 Å². The van der Waals surface area contributed by atoms with Crippen molar-refractivity contribution in [1.82, 2.24) is 5.32 Å². The van der Waals surface area contributed by atoms with Gasteiger partial charge in [-0.25, -0.2) is 0 Å². The molecule has 1 unspecified atom stereocenters. The molecule has 0 amide bonds. The minimum atomic E-state index is 0.156. The topological polar surface area (TPSA) is 21.3 Å². The number of nitrogens with one attached hydrogen (secondary N) is 1. The molecule has 0 aliphatic carbocycles. The normalized spacial score (nSPS) is 12.4. The zero-order valence-electron chi connectivity index (χ0n) is 10.7. The van der Waals surface area contributed by atoms with Crippen molar-refractivity contribution in [1.29, 1.82) is 0 Å². The quantitative estimate of drug-likeness (QED) is 0.912. The molecule has 2 rings (SSSR count). The van der Waals surface area contributed by atoms with E-state index in [0.29, 0.717) is 0 Å². The molecular formula is C14H16BrNOS. The first-order chi connectivity index (χ1) is 8.67. The summed E-state index contributed by atoms with van der Waals surface area (Å²) in [5, 5.41) is 3.37. The van der Waals surface area contributed by atoms with Gasteiger partial charge < -0.3 is 10.1 Å². The van der Waals surface area contributed by atoms with Crippen LogP contribution in [-0.4, -0.2) is 14.2 Å². The summed E-state index contributed by atoms with van der Waals surface area (Å²) < 4.78 is 6.61. The molecule has 0 bridgehead atoms. The fraction of sp³-hybridized carbons (Fsp3) is 0.286. The minimum Gasteiger partial charge on any atom is -0.496 e. The molecular weight excluding hydrogens is 310 g/mol. The van der Waals surface area contributed by atoms with Crippen LogP contribution in [0.4, 0.5) is 0 Å². The third kappa shape index (κ3) is 2.60. The largest absolute Gasteiger partial charge is 0.496 e. The second-order valence-electron chi connectivity index (χ2n) is 4.03. The first kappa shape index (κ1) is 13.6. The third-order valence-electron chi connectivity index (χ3n) is 2.98. The van der Waals surface area contributed by atoms with E-state index in [1.165, 1.54) is 10.4 Å². The molecule has 0 aliphatic rings. The average Bonchev–Trinajstić information content (AvgIpc) is 2.70. The van der Waals surface area contributed by atoms with Gasteiger partial charge in [-0.2, -0.15) is 0 Å². The molecule has 18 heavy (non-hydrogen) atoms. The van der Waals surface area contributed by atoms with Gasteiger partial charge in [0.15, 0.2) is 0 Å². The standard InChI is InChI=1S/C14H16BrNOS/c1-9-11(8-13(15)18-9)14(16-2)10-6-4-5-7-12(10)17-3/h4-8,14,16H,1-3H3. The highest BCUT2D eigenvalue weighted by molar-refractivity contribution is 9.11. The number of thiophene rings is 1. The van der Waals surface area contributed by atoms with Gasteiger partial charge in [-0.05, 0) is 47.6 Å². The Kier molecular flexibility index (Phi) is 4.43. The van der Waals surface area contributed by atoms with Crippen molar-refractivity contribution >= 4 is 27.3 Å². The molecule has 2 nitrogen and oxygen atoms in total. The van der Waals surface area contributed by atoms with Gasteiger partial charge in [0.25, 0.3) is 0 Å². The summed E-state index contributed by atoms with van der Waals surface area (Å²) in [7, 11) is 3.68. The van der Waals surface area contributed by atoms with Crippen LogP contribution >= 0.6 is 27.3 Å². The monoisotopic (exact) mass is 325 g/mol. The van der Waals surface area contributed by atoms with E-state index in [1.807, 2.05) is 25.2 Å². The molecule has 0 radical (unpaired) electrons. The van der Waals surface area contributed by atoms with Crippen molar-refractivity contribution in [2.24, 2.45) is 0 Å². The molecule has 2 aromatic rings. The first-order valence-electron chi connectivity index (χ1n) is 5.73. The highest BCUT2D eigenvalue weighted by atomic mass is 79.9. The molecule has 1 heterocycles. The van der Waals surface area contributed by atoms with Gasteiger partial charge in [0, 0.05) is 10.4 Å². The maximum absolute atomic E-state index is 5.45. The zero-order valence-corrected chi connectivity index (χ0v) is 13.1. The Labute approximate surface area is 120 Å². The van der Waals surface area contributed by atoms with Crippen molar-refractivity contribution in [2.45, 2.75) is 13.0 Å². The van der Waals surface area contributed by atoms with Crippen molar-refractivity contribution in [3.05, 3.63) is 50.1 Å². The van der Waals surface area contributed by atoms with Crippen molar-refractivity contribution in [3.63, 3.8) is 0 Å². The lowest BCUT2D eigenvalue weighted by Crippen LogP contribution is -2.18. The minimum absolute atomic E-state index is 0.156. The Morgan fingerprint density at radius 2 is 2.00 bits per heavy atom. The van der Waals surface area contributed by atoms with Crippen LogP contribution in [-0.2, 0) is 0 Å². The molecule has 0 spiro atoms.